The molecule has 1 aliphatic carbocycles. The first kappa shape index (κ1) is 14.1. The average molecular weight is 373 g/mol. The Balaban J connectivity index is 2.01. The molecule has 0 radical (unpaired) electrons. The molecule has 2 aromatic rings. The maximum atomic E-state index is 6.34. The highest BCUT2D eigenvalue weighted by atomic mass is 79.9. The van der Waals surface area contributed by atoms with Crippen LogP contribution in [0.1, 0.15) is 5.69 Å². The summed E-state index contributed by atoms with van der Waals surface area (Å²) in [5.41, 5.74) is 2.80. The van der Waals surface area contributed by atoms with Gasteiger partial charge in [0.05, 0.1) is 23.1 Å². The van der Waals surface area contributed by atoms with Crippen molar-refractivity contribution in [2.24, 2.45) is 5.92 Å². The minimum atomic E-state index is -0.118. The minimum absolute atomic E-state index is 0.0322. The first-order valence-corrected chi connectivity index (χ1v) is 7.83. The number of rotatable bonds is 2. The Morgan fingerprint density at radius 2 is 2.25 bits per heavy atom. The number of nitrogens with zero attached hydrogens (tertiary/aromatic N) is 3. The van der Waals surface area contributed by atoms with E-state index in [9.17, 15) is 0 Å². The molecule has 0 N–H and O–H groups in total. The van der Waals surface area contributed by atoms with Gasteiger partial charge in [0.15, 0.2) is 0 Å². The molecule has 0 fully saturated rings. The lowest BCUT2D eigenvalue weighted by atomic mass is 10.00. The van der Waals surface area contributed by atoms with Gasteiger partial charge in [-0.3, -0.25) is 9.67 Å². The summed E-state index contributed by atoms with van der Waals surface area (Å²) in [7, 11) is 0. The second-order valence-corrected chi connectivity index (χ2v) is 6.63. The quantitative estimate of drug-likeness (QED) is 0.730. The SMILES string of the molecule is Cc1nn(C[C@H]2C(Cl)=CC=CC2Cl)c2cc(Br)cnc12. The van der Waals surface area contributed by atoms with Gasteiger partial charge in [-0.15, -0.1) is 11.6 Å². The van der Waals surface area contributed by atoms with Crippen LogP contribution in [0, 0.1) is 12.8 Å². The van der Waals surface area contributed by atoms with E-state index in [-0.39, 0.29) is 11.3 Å². The fourth-order valence-electron chi connectivity index (χ4n) is 2.36. The molecule has 104 valence electrons. The summed E-state index contributed by atoms with van der Waals surface area (Å²) in [5, 5.41) is 5.20. The Bertz CT molecular complexity index is 721. The molecule has 0 bridgehead atoms. The van der Waals surface area contributed by atoms with Crippen LogP contribution in [0.2, 0.25) is 0 Å². The number of aromatic nitrogens is 3. The average Bonchev–Trinajstić information content (AvgIpc) is 2.70. The lowest BCUT2D eigenvalue weighted by molar-refractivity contribution is 0.498. The summed E-state index contributed by atoms with van der Waals surface area (Å²) in [5.74, 6) is 0.0322. The van der Waals surface area contributed by atoms with E-state index >= 15 is 0 Å². The van der Waals surface area contributed by atoms with Crippen molar-refractivity contribution >= 4 is 50.2 Å². The Morgan fingerprint density at radius 3 is 3.00 bits per heavy atom. The van der Waals surface area contributed by atoms with E-state index in [1.807, 2.05) is 35.9 Å². The molecule has 0 spiro atoms. The van der Waals surface area contributed by atoms with Gasteiger partial charge in [-0.2, -0.15) is 5.10 Å². The van der Waals surface area contributed by atoms with Gasteiger partial charge in [-0.05, 0) is 35.0 Å². The molecule has 0 amide bonds. The molecule has 2 aromatic heterocycles. The molecule has 0 saturated heterocycles. The van der Waals surface area contributed by atoms with E-state index in [2.05, 4.69) is 26.0 Å². The zero-order chi connectivity index (χ0) is 14.3. The molecular formula is C14H12BrCl2N3. The molecule has 0 aromatic carbocycles. The van der Waals surface area contributed by atoms with Crippen molar-refractivity contribution in [3.63, 3.8) is 0 Å². The largest absolute Gasteiger partial charge is 0.262 e. The summed E-state index contributed by atoms with van der Waals surface area (Å²) in [4.78, 5) is 4.41. The monoisotopic (exact) mass is 371 g/mol. The van der Waals surface area contributed by atoms with E-state index < -0.39 is 0 Å². The molecule has 0 aliphatic heterocycles. The van der Waals surface area contributed by atoms with Crippen LogP contribution < -0.4 is 0 Å². The molecular weight excluding hydrogens is 361 g/mol. The van der Waals surface area contributed by atoms with Crippen LogP contribution in [0.3, 0.4) is 0 Å². The summed E-state index contributed by atoms with van der Waals surface area (Å²) >= 11 is 16.1. The standard InChI is InChI=1S/C14H12BrCl2N3/c1-8-14-13(5-9(15)6-18-14)20(19-8)7-10-11(16)3-2-4-12(10)17/h2-6,10-11H,7H2,1H3/t10-,11?/m1/s1. The zero-order valence-corrected chi connectivity index (χ0v) is 13.8. The lowest BCUT2D eigenvalue weighted by Gasteiger charge is -2.22. The molecule has 3 nitrogen and oxygen atoms in total. The number of fused-ring (bicyclic) bond motifs is 1. The minimum Gasteiger partial charge on any atom is -0.262 e. The van der Waals surface area contributed by atoms with Crippen molar-refractivity contribution in [3.05, 3.63) is 45.7 Å². The van der Waals surface area contributed by atoms with Gasteiger partial charge in [0.25, 0.3) is 0 Å². The molecule has 1 unspecified atom stereocenters. The normalized spacial score (nSPS) is 22.3. The Labute approximate surface area is 135 Å². The van der Waals surface area contributed by atoms with Gasteiger partial charge in [0, 0.05) is 21.6 Å². The molecule has 2 atom stereocenters. The number of halogens is 3. The van der Waals surface area contributed by atoms with Gasteiger partial charge < -0.3 is 0 Å². The number of hydrogen-bond acceptors (Lipinski definition) is 2. The number of alkyl halides is 1. The van der Waals surface area contributed by atoms with E-state index in [4.69, 9.17) is 23.2 Å². The van der Waals surface area contributed by atoms with Crippen LogP contribution in [-0.4, -0.2) is 20.1 Å². The highest BCUT2D eigenvalue weighted by molar-refractivity contribution is 9.10. The maximum absolute atomic E-state index is 6.34. The van der Waals surface area contributed by atoms with Crippen LogP contribution in [0.15, 0.2) is 40.0 Å². The topological polar surface area (TPSA) is 30.7 Å². The van der Waals surface area contributed by atoms with Crippen molar-refractivity contribution in [1.82, 2.24) is 14.8 Å². The molecule has 20 heavy (non-hydrogen) atoms. The van der Waals surface area contributed by atoms with Crippen LogP contribution in [-0.2, 0) is 6.54 Å². The fraction of sp³-hybridized carbons (Fsp3) is 0.286. The highest BCUT2D eigenvalue weighted by Gasteiger charge is 2.24. The predicted octanol–water partition coefficient (Wildman–Crippen LogP) is 4.42. The maximum Gasteiger partial charge on any atom is 0.111 e. The van der Waals surface area contributed by atoms with Crippen LogP contribution >= 0.6 is 39.1 Å². The fourth-order valence-corrected chi connectivity index (χ4v) is 3.32. The summed E-state index contributed by atoms with van der Waals surface area (Å²) < 4.78 is 2.86. The molecule has 1 aliphatic rings. The Hall–Kier alpha value is -0.840. The van der Waals surface area contributed by atoms with Crippen molar-refractivity contribution in [1.29, 1.82) is 0 Å². The molecule has 3 rings (SSSR count). The van der Waals surface area contributed by atoms with Gasteiger partial charge in [0.1, 0.15) is 5.52 Å². The number of pyridine rings is 1. The van der Waals surface area contributed by atoms with Gasteiger partial charge in [0.2, 0.25) is 0 Å². The number of aryl methyl sites for hydroxylation is 1. The van der Waals surface area contributed by atoms with Gasteiger partial charge in [-0.1, -0.05) is 23.8 Å². The summed E-state index contributed by atoms with van der Waals surface area (Å²) in [6.07, 6.45) is 7.51. The smallest absolute Gasteiger partial charge is 0.111 e. The zero-order valence-electron chi connectivity index (χ0n) is 10.7. The summed E-state index contributed by atoms with van der Waals surface area (Å²) in [6.45, 7) is 2.59. The third kappa shape index (κ3) is 2.52. The Morgan fingerprint density at radius 1 is 1.45 bits per heavy atom. The second-order valence-electron chi connectivity index (χ2n) is 4.78. The number of hydrogen-bond donors (Lipinski definition) is 0. The van der Waals surface area contributed by atoms with E-state index in [1.165, 1.54) is 0 Å². The lowest BCUT2D eigenvalue weighted by Crippen LogP contribution is -2.22. The third-order valence-corrected chi connectivity index (χ3v) is 4.67. The number of allylic oxidation sites excluding steroid dienone is 4. The van der Waals surface area contributed by atoms with Crippen molar-refractivity contribution < 1.29 is 0 Å². The van der Waals surface area contributed by atoms with E-state index in [1.54, 1.807) is 6.20 Å². The second kappa shape index (κ2) is 5.51. The van der Waals surface area contributed by atoms with Gasteiger partial charge >= 0.3 is 0 Å². The first-order chi connectivity index (χ1) is 9.56. The summed E-state index contributed by atoms with van der Waals surface area (Å²) in [6, 6.07) is 2.02. The molecule has 2 heterocycles. The van der Waals surface area contributed by atoms with Crippen molar-refractivity contribution in [2.75, 3.05) is 0 Å². The van der Waals surface area contributed by atoms with E-state index in [0.717, 1.165) is 26.2 Å². The van der Waals surface area contributed by atoms with Crippen LogP contribution in [0.4, 0.5) is 0 Å². The third-order valence-electron chi connectivity index (χ3n) is 3.38. The Kier molecular flexibility index (Phi) is 3.89. The molecule has 6 heteroatoms. The van der Waals surface area contributed by atoms with Crippen LogP contribution in [0.5, 0.6) is 0 Å². The molecule has 0 saturated carbocycles. The predicted molar refractivity (Wildman–Crippen MR) is 86.2 cm³/mol. The van der Waals surface area contributed by atoms with Crippen molar-refractivity contribution in [3.8, 4) is 0 Å². The first-order valence-electron chi connectivity index (χ1n) is 6.23. The van der Waals surface area contributed by atoms with Crippen LogP contribution in [0.25, 0.3) is 11.0 Å². The van der Waals surface area contributed by atoms with Gasteiger partial charge in [-0.25, -0.2) is 0 Å². The van der Waals surface area contributed by atoms with Crippen molar-refractivity contribution in [2.45, 2.75) is 18.8 Å². The highest BCUT2D eigenvalue weighted by Crippen LogP contribution is 2.31. The van der Waals surface area contributed by atoms with E-state index in [0.29, 0.717) is 6.54 Å².